The third kappa shape index (κ3) is 8.52. The maximum Gasteiger partial charge on any atom is 0.324 e. The second kappa shape index (κ2) is 15.5. The van der Waals surface area contributed by atoms with E-state index in [1.165, 1.54) is 11.1 Å². The van der Waals surface area contributed by atoms with E-state index in [0.717, 1.165) is 55.0 Å². The zero-order chi connectivity index (χ0) is 23.0. The molecule has 0 unspecified atom stereocenters. The van der Waals surface area contributed by atoms with Crippen LogP contribution in [0.5, 0.6) is 5.75 Å². The van der Waals surface area contributed by atoms with E-state index in [-0.39, 0.29) is 43.3 Å². The minimum Gasteiger partial charge on any atom is -0.494 e. The van der Waals surface area contributed by atoms with Gasteiger partial charge in [0.1, 0.15) is 5.75 Å². The van der Waals surface area contributed by atoms with Gasteiger partial charge in [-0.3, -0.25) is 14.9 Å². The lowest BCUT2D eigenvalue weighted by Crippen LogP contribution is -2.42. The van der Waals surface area contributed by atoms with Gasteiger partial charge in [0.2, 0.25) is 0 Å². The molecule has 10 heteroatoms. The van der Waals surface area contributed by atoms with Gasteiger partial charge in [-0.1, -0.05) is 6.07 Å². The van der Waals surface area contributed by atoms with E-state index >= 15 is 0 Å². The number of urea groups is 1. The lowest BCUT2D eigenvalue weighted by molar-refractivity contribution is 0.212. The highest BCUT2D eigenvalue weighted by Gasteiger charge is 2.25. The van der Waals surface area contributed by atoms with Gasteiger partial charge in [-0.05, 0) is 78.9 Å². The van der Waals surface area contributed by atoms with E-state index < -0.39 is 0 Å². The Morgan fingerprint density at radius 3 is 2.61 bits per heavy atom. The van der Waals surface area contributed by atoms with Crippen molar-refractivity contribution in [2.24, 2.45) is 0 Å². The molecular weight excluding hydrogens is 521 g/mol. The van der Waals surface area contributed by atoms with Crippen LogP contribution in [0.1, 0.15) is 28.8 Å². The zero-order valence-corrected chi connectivity index (χ0v) is 23.0. The van der Waals surface area contributed by atoms with Crippen molar-refractivity contribution in [2.75, 3.05) is 32.1 Å². The predicted octanol–water partition coefficient (Wildman–Crippen LogP) is 5.09. The van der Waals surface area contributed by atoms with Crippen LogP contribution in [0, 0.1) is 0 Å². The predicted molar refractivity (Wildman–Crippen MR) is 151 cm³/mol. The van der Waals surface area contributed by atoms with Gasteiger partial charge in [0.25, 0.3) is 0 Å². The van der Waals surface area contributed by atoms with Crippen LogP contribution >= 0.6 is 37.2 Å². The highest BCUT2D eigenvalue weighted by Crippen LogP contribution is 2.30. The molecule has 0 spiro atoms. The summed E-state index contributed by atoms with van der Waals surface area (Å²) < 4.78 is 5.94. The Hall–Kier alpha value is -2.58. The van der Waals surface area contributed by atoms with Gasteiger partial charge in [0.05, 0.1) is 12.3 Å². The summed E-state index contributed by atoms with van der Waals surface area (Å²) in [6.45, 7) is 2.93. The number of carbonyl (C=O) groups is 1. The number of nitrogens with one attached hydrogen (secondary N) is 1. The first-order valence-electron chi connectivity index (χ1n) is 11.4. The molecule has 3 aromatic rings. The fourth-order valence-electron chi connectivity index (χ4n) is 4.00. The standard InChI is InChI=1S/C26H31N5O2.3ClH/c1-30-19-22-16-24(8-9-25(22)31(2)26(30)32)33-14-4-12-28-18-21-10-13-29-23(15-21)7-6-20-5-3-11-27-17-20;;;/h3,5,8-11,13,15-17,28H,4,6-7,12,14,18-19H2,1-2H3;3*1H. The molecule has 3 heterocycles. The van der Waals surface area contributed by atoms with Crippen LogP contribution in [-0.4, -0.2) is 48.1 Å². The molecule has 1 aliphatic rings. The van der Waals surface area contributed by atoms with Crippen molar-refractivity contribution in [2.45, 2.75) is 32.4 Å². The monoisotopic (exact) mass is 553 g/mol. The molecule has 0 radical (unpaired) electrons. The minimum atomic E-state index is 0. The maximum absolute atomic E-state index is 12.1. The first-order valence-corrected chi connectivity index (χ1v) is 11.4. The van der Waals surface area contributed by atoms with Crippen LogP contribution in [0.25, 0.3) is 0 Å². The number of hydrogen-bond acceptors (Lipinski definition) is 5. The number of pyridine rings is 2. The van der Waals surface area contributed by atoms with Crippen molar-refractivity contribution in [1.82, 2.24) is 20.2 Å². The van der Waals surface area contributed by atoms with Crippen molar-refractivity contribution < 1.29 is 9.53 Å². The summed E-state index contributed by atoms with van der Waals surface area (Å²) >= 11 is 0. The Kier molecular flexibility index (Phi) is 13.6. The van der Waals surface area contributed by atoms with Crippen LogP contribution in [-0.2, 0) is 25.9 Å². The smallest absolute Gasteiger partial charge is 0.324 e. The molecule has 1 N–H and O–H groups in total. The Morgan fingerprint density at radius 2 is 1.83 bits per heavy atom. The van der Waals surface area contributed by atoms with E-state index in [0.29, 0.717) is 13.2 Å². The molecule has 0 saturated carbocycles. The molecule has 0 saturated heterocycles. The molecule has 196 valence electrons. The quantitative estimate of drug-likeness (QED) is 0.354. The first-order chi connectivity index (χ1) is 16.1. The van der Waals surface area contributed by atoms with E-state index in [2.05, 4.69) is 33.5 Å². The lowest BCUT2D eigenvalue weighted by Gasteiger charge is -2.32. The Balaban J connectivity index is 0.00000216. The number of carbonyl (C=O) groups excluding carboxylic acids is 1. The molecule has 0 aliphatic carbocycles. The molecule has 1 aromatic carbocycles. The van der Waals surface area contributed by atoms with Crippen LogP contribution in [0.15, 0.2) is 61.1 Å². The Morgan fingerprint density at radius 1 is 1.00 bits per heavy atom. The summed E-state index contributed by atoms with van der Waals surface area (Å²) in [7, 11) is 3.61. The fourth-order valence-corrected chi connectivity index (χ4v) is 4.00. The van der Waals surface area contributed by atoms with Gasteiger partial charge in [0, 0.05) is 51.5 Å². The number of anilines is 1. The van der Waals surface area contributed by atoms with Crippen molar-refractivity contribution >= 4 is 48.9 Å². The van der Waals surface area contributed by atoms with E-state index in [4.69, 9.17) is 4.74 Å². The first kappa shape index (κ1) is 31.4. The second-order valence-electron chi connectivity index (χ2n) is 8.38. The number of nitrogens with zero attached hydrogens (tertiary/aromatic N) is 4. The average Bonchev–Trinajstić information content (AvgIpc) is 2.84. The van der Waals surface area contributed by atoms with Gasteiger partial charge in [-0.15, -0.1) is 37.2 Å². The van der Waals surface area contributed by atoms with E-state index in [1.54, 1.807) is 23.0 Å². The summed E-state index contributed by atoms with van der Waals surface area (Å²) in [5.41, 5.74) is 5.63. The Bertz CT molecular complexity index is 1090. The number of benzene rings is 1. The average molecular weight is 555 g/mol. The molecule has 0 bridgehead atoms. The van der Waals surface area contributed by atoms with E-state index in [1.807, 2.05) is 43.7 Å². The van der Waals surface area contributed by atoms with Gasteiger partial charge < -0.3 is 15.0 Å². The highest BCUT2D eigenvalue weighted by atomic mass is 35.5. The van der Waals surface area contributed by atoms with Crippen LogP contribution < -0.4 is 15.0 Å². The number of ether oxygens (including phenoxy) is 1. The molecular formula is C26H34Cl3N5O2. The molecule has 36 heavy (non-hydrogen) atoms. The zero-order valence-electron chi connectivity index (χ0n) is 20.6. The molecule has 0 fully saturated rings. The molecule has 1 aliphatic heterocycles. The number of aryl methyl sites for hydroxylation is 2. The number of aromatic nitrogens is 2. The molecule has 2 aromatic heterocycles. The van der Waals surface area contributed by atoms with Gasteiger partial charge >= 0.3 is 6.03 Å². The number of halogens is 3. The van der Waals surface area contributed by atoms with Gasteiger partial charge in [-0.2, -0.15) is 0 Å². The Labute approximate surface area is 231 Å². The van der Waals surface area contributed by atoms with Crippen molar-refractivity contribution in [1.29, 1.82) is 0 Å². The third-order valence-corrected chi connectivity index (χ3v) is 5.80. The van der Waals surface area contributed by atoms with Gasteiger partial charge in [-0.25, -0.2) is 4.79 Å². The topological polar surface area (TPSA) is 70.6 Å². The number of hydrogen-bond donors (Lipinski definition) is 1. The largest absolute Gasteiger partial charge is 0.494 e. The van der Waals surface area contributed by atoms with Crippen molar-refractivity contribution in [3.8, 4) is 5.75 Å². The maximum atomic E-state index is 12.1. The van der Waals surface area contributed by atoms with Crippen molar-refractivity contribution in [3.63, 3.8) is 0 Å². The number of amides is 2. The summed E-state index contributed by atoms with van der Waals surface area (Å²) in [5.74, 6) is 0.845. The summed E-state index contributed by atoms with van der Waals surface area (Å²) in [6.07, 6.45) is 8.36. The van der Waals surface area contributed by atoms with Crippen LogP contribution in [0.3, 0.4) is 0 Å². The SMILES string of the molecule is CN1Cc2cc(OCCCNCc3ccnc(CCc4cccnc4)c3)ccc2N(C)C1=O.Cl.Cl.Cl. The third-order valence-electron chi connectivity index (χ3n) is 5.80. The molecule has 7 nitrogen and oxygen atoms in total. The fraction of sp³-hybridized carbons (Fsp3) is 0.346. The summed E-state index contributed by atoms with van der Waals surface area (Å²) in [4.78, 5) is 24.1. The normalized spacial score (nSPS) is 12.1. The van der Waals surface area contributed by atoms with Crippen LogP contribution in [0.4, 0.5) is 10.5 Å². The summed E-state index contributed by atoms with van der Waals surface area (Å²) in [6, 6.07) is 14.2. The van der Waals surface area contributed by atoms with E-state index in [9.17, 15) is 4.79 Å². The molecule has 4 rings (SSSR count). The molecule has 2 amide bonds. The highest BCUT2D eigenvalue weighted by molar-refractivity contribution is 5.94. The van der Waals surface area contributed by atoms with Crippen LogP contribution in [0.2, 0.25) is 0 Å². The minimum absolute atomic E-state index is 0. The second-order valence-corrected chi connectivity index (χ2v) is 8.38. The van der Waals surface area contributed by atoms with Gasteiger partial charge in [0.15, 0.2) is 0 Å². The lowest BCUT2D eigenvalue weighted by atomic mass is 10.1. The molecule has 0 atom stereocenters. The number of fused-ring (bicyclic) bond motifs is 1. The van der Waals surface area contributed by atoms with Crippen molar-refractivity contribution in [3.05, 3.63) is 83.4 Å². The number of rotatable bonds is 10. The summed E-state index contributed by atoms with van der Waals surface area (Å²) in [5, 5.41) is 3.49.